The molecule has 24 N–H and O–H groups in total. The number of halogens is 12. The molecule has 6 aliphatic rings. The number of alkyl halides is 12. The maximum Gasteiger partial charge on any atom is 0.351 e. The van der Waals surface area contributed by atoms with Crippen LogP contribution in [0.5, 0.6) is 0 Å². The largest absolute Gasteiger partial charge is 0.395 e. The number of rotatable bonds is 37. The molecule has 0 bridgehead atoms. The fourth-order valence-electron chi connectivity index (χ4n) is 13.2. The van der Waals surface area contributed by atoms with Crippen LogP contribution in [0.2, 0.25) is 0 Å². The minimum atomic E-state index is -3.67. The minimum Gasteiger partial charge on any atom is -0.395 e. The number of hydrogen-bond donors (Lipinski definition) is 18. The minimum absolute atomic E-state index is 0.00250. The van der Waals surface area contributed by atoms with E-state index in [9.17, 15) is 112 Å². The molecule has 0 unspecified atom stereocenters. The molecule has 18 atom stereocenters. The summed E-state index contributed by atoms with van der Waals surface area (Å²) in [6, 6.07) is 7.22. The zero-order valence-electron chi connectivity index (χ0n) is 72.1. The van der Waals surface area contributed by atoms with Crippen LogP contribution in [-0.4, -0.2) is 341 Å². The van der Waals surface area contributed by atoms with E-state index in [1.807, 2.05) is 13.8 Å². The van der Waals surface area contributed by atoms with Crippen molar-refractivity contribution in [1.29, 1.82) is 0 Å². The molecule has 133 heavy (non-hydrogen) atoms. The van der Waals surface area contributed by atoms with Crippen LogP contribution in [0.15, 0.2) is 102 Å². The third-order valence-electron chi connectivity index (χ3n) is 20.2. The van der Waals surface area contributed by atoms with Crippen molar-refractivity contribution in [3.8, 4) is 0 Å². The van der Waals surface area contributed by atoms with Gasteiger partial charge >= 0.3 is 69.7 Å². The Kier molecular flexibility index (Phi) is 41.7. The molecule has 0 amide bonds. The molecule has 59 heteroatoms. The predicted octanol–water partition coefficient (Wildman–Crippen LogP) is -4.56. The van der Waals surface area contributed by atoms with Gasteiger partial charge < -0.3 is 149 Å². The van der Waals surface area contributed by atoms with E-state index in [2.05, 4.69) is 56.5 Å². The number of hydrogen-bond acceptors (Lipinski definition) is 41. The lowest BCUT2D eigenvalue weighted by molar-refractivity contribution is -0.141. The Bertz CT molecular complexity index is 4630. The molecule has 6 saturated heterocycles. The summed E-state index contributed by atoms with van der Waals surface area (Å²) < 4.78 is 229. The quantitative estimate of drug-likeness (QED) is 0.0129. The van der Waals surface area contributed by atoms with Gasteiger partial charge in [0.2, 0.25) is 37.4 Å². The van der Waals surface area contributed by atoms with Gasteiger partial charge in [0.15, 0.2) is 6.10 Å². The van der Waals surface area contributed by atoms with Gasteiger partial charge in [0.25, 0.3) is 0 Å². The molecule has 0 saturated carbocycles. The number of ether oxygens (including phenoxy) is 11. The second-order valence-electron chi connectivity index (χ2n) is 29.8. The smallest absolute Gasteiger partial charge is 0.351 e. The van der Waals surface area contributed by atoms with E-state index in [1.165, 1.54) is 50.6 Å². The summed E-state index contributed by atoms with van der Waals surface area (Å²) in [5, 5.41) is 81.3. The summed E-state index contributed by atoms with van der Waals surface area (Å²) in [4.78, 5) is 90.3. The van der Waals surface area contributed by atoms with Crippen molar-refractivity contribution < 1.29 is 141 Å². The first kappa shape index (κ1) is 110. The first-order chi connectivity index (χ1) is 62.7. The van der Waals surface area contributed by atoms with Crippen molar-refractivity contribution in [2.24, 2.45) is 0 Å². The standard InChI is InChI=1S/2C13H20F2N4O4.C13H20F2N4O3.C12H18F2N4O4.C12H17F2N3O5.C11H16F2N4O4/c1-22-6-2-4-17-7-8-10(20)13(14,15)11(23-8)19-5-3-9(16)18-12(19)21;1-2-22-6-4-17-7-8-10(20)13(14,15)11(23-8)19-5-3-9(16)18-12(19)21;1-2-3-5-17-7-8-10(20)13(14,15)11(22-8)19-6-4-9(16)18-12(19)21;1-21-5-3-16-6-7-9(19)12(13,14)10(22-7)18-4-2-8(15)17-11(18)20;1-20-4-5-21-6-7-9(18)12(13,14)10(22-7)17-3-2-8(15)16-11(17)19;12-11(13)8(19)6(5-15-2-4-18)21-9(11)17-3-1-7(14)16-10(17)20/h2*3,5,8,10-11,17,20H,2,4,6-7H2,1H3,(H2,16,18,21);4,6,8,10-11,17,20H,2-3,5,7H2,1H3,(H2,16,18,21);2,4,7,9-10,16,19H,3,5-6H2,1H3,(H2,15,17,20);2-3,7,9-10,18H,4-6H2,1H3,(H2,15,16,19);1,3,6,8-9,15,18-19H,2,4-5H2,(H2,14,16,20)/t3*8-,10-,11-;2*7-,9-,10-;6-,8-,9-/m111111/s1. The van der Waals surface area contributed by atoms with Crippen LogP contribution in [0.25, 0.3) is 0 Å². The Hall–Kier alpha value is -9.68. The zero-order chi connectivity index (χ0) is 98.7. The SMILES string of the molecule is CCCCNC[C@H]1O[C@@H](n2ccc(N)nc2=O)C(F)(F)[C@@H]1O.CCOCCNC[C@H]1O[C@@H](n2ccc(N)nc2=O)C(F)(F)[C@@H]1O.COCCCNC[C@H]1O[C@@H](n2ccc(N)nc2=O)C(F)(F)[C@@H]1O.COCCNC[C@H]1O[C@@H](n2ccc(N)nc2=O)C(F)(F)[C@@H]1O.COCCOC[C@H]1O[C@@H](n2ccc(N)nc2=O)C(F)(F)[C@@H]1O.Nc1ccn([C@@H]2O[C@H](CNCCO)[C@@H](O)C2(F)F)c(=O)n1. The topological polar surface area (TPSA) is 669 Å². The van der Waals surface area contributed by atoms with Crippen molar-refractivity contribution in [1.82, 2.24) is 83.9 Å². The summed E-state index contributed by atoms with van der Waals surface area (Å²) in [7, 11) is 4.54. The van der Waals surface area contributed by atoms with Crippen LogP contribution in [-0.2, 0) is 52.1 Å². The molecule has 47 nitrogen and oxygen atoms in total. The molecule has 6 fully saturated rings. The number of aliphatic hydroxyl groups is 7. The van der Waals surface area contributed by atoms with Crippen molar-refractivity contribution in [3.63, 3.8) is 0 Å². The van der Waals surface area contributed by atoms with Gasteiger partial charge in [-0.05, 0) is 69.3 Å². The first-order valence-corrected chi connectivity index (χ1v) is 40.9. The molecular weight excluding hydrogens is 1820 g/mol. The Morgan fingerprint density at radius 2 is 0.564 bits per heavy atom. The van der Waals surface area contributed by atoms with Crippen LogP contribution in [0.1, 0.15) is 70.5 Å². The Morgan fingerprint density at radius 3 is 0.805 bits per heavy atom. The lowest BCUT2D eigenvalue weighted by atomic mass is 10.1. The highest BCUT2D eigenvalue weighted by atomic mass is 19.3. The average molecular weight is 1930 g/mol. The van der Waals surface area contributed by atoms with Crippen LogP contribution in [0.4, 0.5) is 87.6 Å². The Morgan fingerprint density at radius 1 is 0.331 bits per heavy atom. The molecule has 6 aromatic heterocycles. The number of nitrogen functional groups attached to an aromatic ring is 6. The molecule has 12 heterocycles. The number of methoxy groups -OCH3 is 3. The van der Waals surface area contributed by atoms with Crippen molar-refractivity contribution in [2.75, 3.05) is 174 Å². The van der Waals surface area contributed by atoms with Gasteiger partial charge in [-0.2, -0.15) is 82.6 Å². The summed E-state index contributed by atoms with van der Waals surface area (Å²) in [6.07, 6.45) is -22.1. The fourth-order valence-corrected chi connectivity index (χ4v) is 13.2. The van der Waals surface area contributed by atoms with E-state index in [1.54, 1.807) is 7.11 Å². The van der Waals surface area contributed by atoms with Gasteiger partial charge in [0.1, 0.15) is 102 Å². The van der Waals surface area contributed by atoms with Gasteiger partial charge in [-0.25, -0.2) is 28.8 Å². The van der Waals surface area contributed by atoms with E-state index in [0.29, 0.717) is 86.4 Å². The maximum absolute atomic E-state index is 14.2. The monoisotopic (exact) mass is 1930 g/mol. The number of aromatic nitrogens is 12. The van der Waals surface area contributed by atoms with Crippen LogP contribution in [0, 0.1) is 0 Å². The summed E-state index contributed by atoms with van der Waals surface area (Å²) in [5.41, 5.74) is 26.1. The number of nitrogens with one attached hydrogen (secondary N) is 5. The molecular formula is C74H111F12N23O24. The highest BCUT2D eigenvalue weighted by Crippen LogP contribution is 2.48. The lowest BCUT2D eigenvalue weighted by Gasteiger charge is -2.20. The molecule has 0 radical (unpaired) electrons. The van der Waals surface area contributed by atoms with Gasteiger partial charge in [0, 0.05) is 124 Å². The third kappa shape index (κ3) is 28.5. The zero-order valence-corrected chi connectivity index (χ0v) is 72.1. The highest BCUT2D eigenvalue weighted by Gasteiger charge is 2.65. The van der Waals surface area contributed by atoms with Crippen molar-refractivity contribution in [3.05, 3.63) is 136 Å². The van der Waals surface area contributed by atoms with Gasteiger partial charge in [-0.3, -0.25) is 27.4 Å². The number of unbranched alkanes of at least 4 members (excludes halogenated alkanes) is 1. The molecule has 12 rings (SSSR count). The Labute approximate surface area is 746 Å². The van der Waals surface area contributed by atoms with E-state index in [-0.39, 0.29) is 101 Å². The molecule has 6 aliphatic heterocycles. The van der Waals surface area contributed by atoms with Crippen molar-refractivity contribution in [2.45, 2.75) is 179 Å². The third-order valence-corrected chi connectivity index (χ3v) is 20.2. The van der Waals surface area contributed by atoms with E-state index >= 15 is 0 Å². The van der Waals surface area contributed by atoms with Gasteiger partial charge in [-0.1, -0.05) is 13.3 Å². The molecule has 0 aliphatic carbocycles. The second-order valence-corrected chi connectivity index (χ2v) is 29.8. The average Bonchev–Trinajstić information content (AvgIpc) is 1.65. The summed E-state index contributed by atoms with van der Waals surface area (Å²) >= 11 is 0. The van der Waals surface area contributed by atoms with E-state index in [0.717, 1.165) is 50.0 Å². The number of nitrogens with two attached hydrogens (primary N) is 6. The Balaban J connectivity index is 0.000000218. The summed E-state index contributed by atoms with van der Waals surface area (Å²) in [6.45, 7) is 7.95. The fraction of sp³-hybridized carbons (Fsp3) is 0.676. The first-order valence-electron chi connectivity index (χ1n) is 40.9. The molecule has 6 aromatic rings. The number of anilines is 6. The number of aliphatic hydroxyl groups excluding tert-OH is 7. The van der Waals surface area contributed by atoms with Crippen LogP contribution < -0.4 is 95.1 Å². The highest BCUT2D eigenvalue weighted by molar-refractivity contribution is 5.28. The lowest BCUT2D eigenvalue weighted by Crippen LogP contribution is -2.43. The second kappa shape index (κ2) is 50.2. The molecule has 0 aromatic carbocycles. The predicted molar refractivity (Wildman–Crippen MR) is 441 cm³/mol. The molecule has 750 valence electrons. The normalized spacial score (nSPS) is 27.1. The van der Waals surface area contributed by atoms with E-state index < -0.39 is 180 Å². The van der Waals surface area contributed by atoms with Crippen molar-refractivity contribution >= 4 is 34.9 Å². The molecule has 0 spiro atoms. The summed E-state index contributed by atoms with van der Waals surface area (Å²) in [5.74, 6) is -22.3. The van der Waals surface area contributed by atoms with E-state index in [4.69, 9.17) is 91.6 Å². The van der Waals surface area contributed by atoms with Gasteiger partial charge in [0.05, 0.1) is 39.6 Å². The maximum atomic E-state index is 14.2. The number of nitrogens with zero attached hydrogens (tertiary/aromatic N) is 12. The van der Waals surface area contributed by atoms with Gasteiger partial charge in [-0.15, -0.1) is 0 Å². The van der Waals surface area contributed by atoms with Crippen LogP contribution >= 0.6 is 0 Å². The van der Waals surface area contributed by atoms with Crippen LogP contribution in [0.3, 0.4) is 0 Å².